The Kier molecular flexibility index (Phi) is 3.05. The first-order valence-electron chi connectivity index (χ1n) is 6.00. The second-order valence-electron chi connectivity index (χ2n) is 4.28. The molecule has 0 fully saturated rings. The molecule has 1 atom stereocenters. The molecule has 1 aliphatic rings. The first kappa shape index (κ1) is 11.9. The van der Waals surface area contributed by atoms with E-state index < -0.39 is 11.9 Å². The van der Waals surface area contributed by atoms with Crippen LogP contribution in [0.25, 0.3) is 0 Å². The molecule has 0 spiro atoms. The van der Waals surface area contributed by atoms with Crippen molar-refractivity contribution in [2.24, 2.45) is 5.73 Å². The Bertz CT molecular complexity index is 604. The predicted molar refractivity (Wildman–Crippen MR) is 67.7 cm³/mol. The molecule has 1 unspecified atom stereocenters. The highest BCUT2D eigenvalue weighted by Crippen LogP contribution is 2.33. The number of benzene rings is 1. The van der Waals surface area contributed by atoms with E-state index in [1.54, 1.807) is 18.2 Å². The number of fused-ring (bicyclic) bond motifs is 1. The van der Waals surface area contributed by atoms with Gasteiger partial charge in [-0.1, -0.05) is 6.07 Å². The maximum atomic E-state index is 13.7. The molecule has 0 radical (unpaired) electrons. The predicted octanol–water partition coefficient (Wildman–Crippen LogP) is 2.04. The summed E-state index contributed by atoms with van der Waals surface area (Å²) in [6.45, 7) is 1.05. The van der Waals surface area contributed by atoms with E-state index in [0.717, 1.165) is 11.8 Å². The van der Waals surface area contributed by atoms with Crippen LogP contribution < -0.4 is 15.2 Å². The number of nitrogens with zero attached hydrogens (tertiary/aromatic N) is 1. The van der Waals surface area contributed by atoms with Gasteiger partial charge in [-0.05, 0) is 23.8 Å². The van der Waals surface area contributed by atoms with Crippen LogP contribution in [0.5, 0.6) is 11.5 Å². The summed E-state index contributed by atoms with van der Waals surface area (Å²) >= 11 is 0. The van der Waals surface area contributed by atoms with Crippen LogP contribution in [0.2, 0.25) is 0 Å². The second-order valence-corrected chi connectivity index (χ2v) is 4.28. The molecule has 2 heterocycles. The summed E-state index contributed by atoms with van der Waals surface area (Å²) in [6, 6.07) is 6.43. The second kappa shape index (κ2) is 4.85. The lowest BCUT2D eigenvalue weighted by molar-refractivity contribution is 0.171. The van der Waals surface area contributed by atoms with E-state index in [4.69, 9.17) is 15.2 Å². The Morgan fingerprint density at radius 3 is 2.74 bits per heavy atom. The van der Waals surface area contributed by atoms with Gasteiger partial charge in [0.15, 0.2) is 11.5 Å². The van der Waals surface area contributed by atoms with Crippen LogP contribution in [-0.2, 0) is 0 Å². The molecule has 4 nitrogen and oxygen atoms in total. The quantitative estimate of drug-likeness (QED) is 0.897. The van der Waals surface area contributed by atoms with E-state index in [0.29, 0.717) is 30.3 Å². The summed E-state index contributed by atoms with van der Waals surface area (Å²) in [4.78, 5) is 3.72. The van der Waals surface area contributed by atoms with Crippen molar-refractivity contribution in [3.05, 3.63) is 53.6 Å². The lowest BCUT2D eigenvalue weighted by Crippen LogP contribution is -2.17. The maximum absolute atomic E-state index is 13.7. The van der Waals surface area contributed by atoms with Gasteiger partial charge in [0.2, 0.25) is 0 Å². The van der Waals surface area contributed by atoms with E-state index in [2.05, 4.69) is 4.98 Å². The number of pyridine rings is 1. The molecule has 1 aromatic carbocycles. The zero-order valence-corrected chi connectivity index (χ0v) is 10.2. The number of hydrogen-bond acceptors (Lipinski definition) is 4. The van der Waals surface area contributed by atoms with Gasteiger partial charge in [0.1, 0.15) is 19.0 Å². The third-order valence-electron chi connectivity index (χ3n) is 3.06. The molecule has 2 N–H and O–H groups in total. The van der Waals surface area contributed by atoms with Gasteiger partial charge in [-0.25, -0.2) is 4.39 Å². The highest BCUT2D eigenvalue weighted by molar-refractivity contribution is 5.46. The smallest absolute Gasteiger partial charge is 0.161 e. The standard InChI is InChI=1S/C14H13FN2O2/c15-11-8-17-4-3-10(11)14(16)9-1-2-12-13(7-9)19-6-5-18-12/h1-4,7-8,14H,5-6,16H2. The van der Waals surface area contributed by atoms with E-state index in [-0.39, 0.29) is 0 Å². The van der Waals surface area contributed by atoms with Gasteiger partial charge < -0.3 is 15.2 Å². The molecule has 3 rings (SSSR count). The van der Waals surface area contributed by atoms with Crippen LogP contribution >= 0.6 is 0 Å². The van der Waals surface area contributed by atoms with E-state index in [9.17, 15) is 4.39 Å². The third kappa shape index (κ3) is 2.24. The topological polar surface area (TPSA) is 57.4 Å². The van der Waals surface area contributed by atoms with Gasteiger partial charge in [0.05, 0.1) is 12.2 Å². The number of ether oxygens (including phenoxy) is 2. The van der Waals surface area contributed by atoms with Crippen LogP contribution in [0.15, 0.2) is 36.7 Å². The summed E-state index contributed by atoms with van der Waals surface area (Å²) < 4.78 is 24.6. The molecule has 0 saturated heterocycles. The fraction of sp³-hybridized carbons (Fsp3) is 0.214. The van der Waals surface area contributed by atoms with Crippen LogP contribution in [0.4, 0.5) is 4.39 Å². The Morgan fingerprint density at radius 2 is 1.95 bits per heavy atom. The summed E-state index contributed by atoms with van der Waals surface area (Å²) in [5.41, 5.74) is 7.27. The molecular weight excluding hydrogens is 247 g/mol. The number of halogens is 1. The molecular formula is C14H13FN2O2. The maximum Gasteiger partial charge on any atom is 0.161 e. The molecule has 1 aliphatic heterocycles. The highest BCUT2D eigenvalue weighted by atomic mass is 19.1. The first-order valence-corrected chi connectivity index (χ1v) is 6.00. The van der Waals surface area contributed by atoms with Crippen molar-refractivity contribution in [1.29, 1.82) is 0 Å². The van der Waals surface area contributed by atoms with Crippen LogP contribution in [0.1, 0.15) is 17.2 Å². The van der Waals surface area contributed by atoms with Crippen LogP contribution in [0, 0.1) is 5.82 Å². The van der Waals surface area contributed by atoms with E-state index >= 15 is 0 Å². The molecule has 98 valence electrons. The molecule has 0 saturated carbocycles. The minimum atomic E-state index is -0.557. The summed E-state index contributed by atoms with van der Waals surface area (Å²) in [5.74, 6) is 0.927. The molecule has 0 bridgehead atoms. The van der Waals surface area contributed by atoms with Crippen molar-refractivity contribution >= 4 is 0 Å². The Balaban J connectivity index is 1.96. The minimum absolute atomic E-state index is 0.409. The summed E-state index contributed by atoms with van der Waals surface area (Å²) in [5, 5.41) is 0. The zero-order chi connectivity index (χ0) is 13.2. The van der Waals surface area contributed by atoms with Crippen molar-refractivity contribution in [3.8, 4) is 11.5 Å². The number of hydrogen-bond donors (Lipinski definition) is 1. The largest absolute Gasteiger partial charge is 0.486 e. The molecule has 0 aliphatic carbocycles. The van der Waals surface area contributed by atoms with Crippen molar-refractivity contribution < 1.29 is 13.9 Å². The van der Waals surface area contributed by atoms with Gasteiger partial charge >= 0.3 is 0 Å². The van der Waals surface area contributed by atoms with Crippen molar-refractivity contribution in [1.82, 2.24) is 4.98 Å². The molecule has 5 heteroatoms. The monoisotopic (exact) mass is 260 g/mol. The fourth-order valence-electron chi connectivity index (χ4n) is 2.07. The van der Waals surface area contributed by atoms with Crippen molar-refractivity contribution in [2.45, 2.75) is 6.04 Å². The van der Waals surface area contributed by atoms with Crippen molar-refractivity contribution in [3.63, 3.8) is 0 Å². The normalized spacial score (nSPS) is 15.1. The lowest BCUT2D eigenvalue weighted by atomic mass is 9.99. The Morgan fingerprint density at radius 1 is 1.16 bits per heavy atom. The average Bonchev–Trinajstić information content (AvgIpc) is 2.46. The highest BCUT2D eigenvalue weighted by Gasteiger charge is 2.17. The van der Waals surface area contributed by atoms with Crippen molar-refractivity contribution in [2.75, 3.05) is 13.2 Å². The Hall–Kier alpha value is -2.14. The van der Waals surface area contributed by atoms with Crippen LogP contribution in [-0.4, -0.2) is 18.2 Å². The number of aromatic nitrogens is 1. The summed E-state index contributed by atoms with van der Waals surface area (Å²) in [7, 11) is 0. The van der Waals surface area contributed by atoms with E-state index in [1.165, 1.54) is 6.20 Å². The molecule has 0 amide bonds. The Labute approximate surface area is 110 Å². The SMILES string of the molecule is NC(c1ccc2c(c1)OCCO2)c1ccncc1F. The molecule has 2 aromatic rings. The van der Waals surface area contributed by atoms with Crippen LogP contribution in [0.3, 0.4) is 0 Å². The van der Waals surface area contributed by atoms with Gasteiger partial charge in [0.25, 0.3) is 0 Å². The lowest BCUT2D eigenvalue weighted by Gasteiger charge is -2.20. The third-order valence-corrected chi connectivity index (χ3v) is 3.06. The minimum Gasteiger partial charge on any atom is -0.486 e. The summed E-state index contributed by atoms with van der Waals surface area (Å²) in [6.07, 6.45) is 2.68. The van der Waals surface area contributed by atoms with E-state index in [1.807, 2.05) is 6.07 Å². The van der Waals surface area contributed by atoms with Gasteiger partial charge in [0, 0.05) is 11.8 Å². The first-order chi connectivity index (χ1) is 9.25. The van der Waals surface area contributed by atoms with Gasteiger partial charge in [-0.2, -0.15) is 0 Å². The molecule has 1 aromatic heterocycles. The zero-order valence-electron chi connectivity index (χ0n) is 10.2. The number of rotatable bonds is 2. The van der Waals surface area contributed by atoms with Gasteiger partial charge in [-0.3, -0.25) is 4.98 Å². The fourth-order valence-corrected chi connectivity index (χ4v) is 2.07. The van der Waals surface area contributed by atoms with Gasteiger partial charge in [-0.15, -0.1) is 0 Å². The number of nitrogens with two attached hydrogens (primary N) is 1. The molecule has 19 heavy (non-hydrogen) atoms. The average molecular weight is 260 g/mol.